The molecule has 0 radical (unpaired) electrons. The van der Waals surface area contributed by atoms with Crippen LogP contribution < -0.4 is 4.74 Å². The summed E-state index contributed by atoms with van der Waals surface area (Å²) >= 11 is 0. The molecule has 1 amide bonds. The molecule has 2 saturated heterocycles. The van der Waals surface area contributed by atoms with Crippen molar-refractivity contribution in [1.82, 2.24) is 14.4 Å². The van der Waals surface area contributed by atoms with Gasteiger partial charge in [0.15, 0.2) is 0 Å². The van der Waals surface area contributed by atoms with Crippen LogP contribution in [0.1, 0.15) is 49.9 Å². The fourth-order valence-corrected chi connectivity index (χ4v) is 6.57. The molecular weight excluding hydrogens is 418 g/mol. The summed E-state index contributed by atoms with van der Waals surface area (Å²) in [4.78, 5) is 16.6. The third-order valence-electron chi connectivity index (χ3n) is 8.42. The lowest BCUT2D eigenvalue weighted by Gasteiger charge is -2.51. The van der Waals surface area contributed by atoms with E-state index < -0.39 is 0 Å². The van der Waals surface area contributed by atoms with Crippen molar-refractivity contribution in [1.29, 1.82) is 0 Å². The number of nitrogens with zero attached hydrogens (tertiary/aromatic N) is 3. The Morgan fingerprint density at radius 3 is 2.61 bits per heavy atom. The molecule has 3 aliphatic rings. The number of fused-ring (bicyclic) bond motifs is 4. The average Bonchev–Trinajstić information content (AvgIpc) is 3.13. The second-order valence-electron chi connectivity index (χ2n) is 10.2. The van der Waals surface area contributed by atoms with E-state index in [9.17, 15) is 9.90 Å². The number of benzene rings is 1. The molecule has 0 unspecified atom stereocenters. The summed E-state index contributed by atoms with van der Waals surface area (Å²) in [5.41, 5.74) is 3.74. The van der Waals surface area contributed by atoms with Crippen molar-refractivity contribution >= 4 is 16.8 Å². The largest absolute Gasteiger partial charge is 0.497 e. The lowest BCUT2D eigenvalue weighted by molar-refractivity contribution is -0.130. The molecule has 7 heteroatoms. The maximum absolute atomic E-state index is 12.1. The Labute approximate surface area is 196 Å². The van der Waals surface area contributed by atoms with Crippen LogP contribution in [-0.4, -0.2) is 78.5 Å². The number of aliphatic hydroxyl groups excluding tert-OH is 1. The minimum atomic E-state index is -0.0253. The van der Waals surface area contributed by atoms with Crippen LogP contribution in [0, 0.1) is 5.92 Å². The number of hydrogen-bond acceptors (Lipinski definition) is 5. The van der Waals surface area contributed by atoms with E-state index in [1.807, 2.05) is 11.0 Å². The summed E-state index contributed by atoms with van der Waals surface area (Å²) < 4.78 is 13.4. The highest BCUT2D eigenvalue weighted by Gasteiger charge is 2.48. The molecule has 180 valence electrons. The average molecular weight is 456 g/mol. The summed E-state index contributed by atoms with van der Waals surface area (Å²) in [5.74, 6) is 1.61. The number of aryl methyl sites for hydroxylation is 1. The molecule has 33 heavy (non-hydrogen) atoms. The quantitative estimate of drug-likeness (QED) is 0.768. The maximum atomic E-state index is 12.1. The zero-order valence-corrected chi connectivity index (χ0v) is 20.2. The first-order chi connectivity index (χ1) is 16.0. The lowest BCUT2D eigenvalue weighted by atomic mass is 9.68. The van der Waals surface area contributed by atoms with Gasteiger partial charge >= 0.3 is 0 Å². The summed E-state index contributed by atoms with van der Waals surface area (Å²) in [7, 11) is 3.83. The van der Waals surface area contributed by atoms with E-state index in [4.69, 9.17) is 9.47 Å². The number of amides is 1. The number of ether oxygens (including phenoxy) is 2. The Balaban J connectivity index is 1.61. The first-order valence-corrected chi connectivity index (χ1v) is 12.3. The summed E-state index contributed by atoms with van der Waals surface area (Å²) in [6.07, 6.45) is 4.07. The van der Waals surface area contributed by atoms with Gasteiger partial charge in [0.25, 0.3) is 0 Å². The predicted molar refractivity (Wildman–Crippen MR) is 128 cm³/mol. The third-order valence-corrected chi connectivity index (χ3v) is 8.42. The van der Waals surface area contributed by atoms with Gasteiger partial charge in [-0.05, 0) is 49.3 Å². The van der Waals surface area contributed by atoms with Crippen molar-refractivity contribution in [3.8, 4) is 5.75 Å². The van der Waals surface area contributed by atoms with Gasteiger partial charge in [0.05, 0.1) is 25.3 Å². The number of carbonyl (C=O) groups is 1. The minimum absolute atomic E-state index is 0.0216. The normalized spacial score (nSPS) is 23.8. The van der Waals surface area contributed by atoms with Crippen molar-refractivity contribution < 1.29 is 19.4 Å². The highest BCUT2D eigenvalue weighted by Crippen LogP contribution is 2.50. The van der Waals surface area contributed by atoms with Gasteiger partial charge in [-0.25, -0.2) is 0 Å². The van der Waals surface area contributed by atoms with Crippen molar-refractivity contribution in [3.63, 3.8) is 0 Å². The van der Waals surface area contributed by atoms with Crippen LogP contribution in [0.15, 0.2) is 18.2 Å². The summed E-state index contributed by atoms with van der Waals surface area (Å²) in [5, 5.41) is 11.9. The number of carbonyl (C=O) groups excluding carboxylic acids is 1. The molecule has 7 nitrogen and oxygen atoms in total. The van der Waals surface area contributed by atoms with Crippen molar-refractivity contribution in [2.45, 2.75) is 44.1 Å². The van der Waals surface area contributed by atoms with E-state index in [1.165, 1.54) is 16.6 Å². The van der Waals surface area contributed by atoms with Gasteiger partial charge < -0.3 is 24.0 Å². The first-order valence-electron chi connectivity index (χ1n) is 12.3. The van der Waals surface area contributed by atoms with Gasteiger partial charge in [0.2, 0.25) is 5.91 Å². The third kappa shape index (κ3) is 3.84. The van der Waals surface area contributed by atoms with Crippen molar-refractivity contribution in [3.05, 3.63) is 29.5 Å². The van der Waals surface area contributed by atoms with Crippen molar-refractivity contribution in [2.24, 2.45) is 13.0 Å². The number of aliphatic hydroxyl groups is 1. The van der Waals surface area contributed by atoms with Gasteiger partial charge in [-0.3, -0.25) is 9.69 Å². The predicted octanol–water partition coefficient (Wildman–Crippen LogP) is 2.84. The Morgan fingerprint density at radius 1 is 1.24 bits per heavy atom. The number of likely N-dealkylation sites (tertiary alicyclic amines) is 1. The van der Waals surface area contributed by atoms with Gasteiger partial charge in [-0.1, -0.05) is 0 Å². The number of aromatic nitrogens is 1. The topological polar surface area (TPSA) is 67.2 Å². The van der Waals surface area contributed by atoms with E-state index in [0.29, 0.717) is 5.92 Å². The molecule has 1 aromatic heterocycles. The smallest absolute Gasteiger partial charge is 0.219 e. The first kappa shape index (κ1) is 22.7. The van der Waals surface area contributed by atoms with Crippen LogP contribution in [0.4, 0.5) is 0 Å². The van der Waals surface area contributed by atoms with Crippen LogP contribution >= 0.6 is 0 Å². The molecule has 5 rings (SSSR count). The fourth-order valence-electron chi connectivity index (χ4n) is 6.57. The highest BCUT2D eigenvalue weighted by atomic mass is 16.5. The second-order valence-corrected chi connectivity index (χ2v) is 10.2. The fraction of sp³-hybridized carbons (Fsp3) is 0.654. The monoisotopic (exact) mass is 455 g/mol. The second kappa shape index (κ2) is 8.93. The number of hydrogen-bond donors (Lipinski definition) is 1. The minimum Gasteiger partial charge on any atom is -0.497 e. The number of methoxy groups -OCH3 is 1. The van der Waals surface area contributed by atoms with Gasteiger partial charge in [0.1, 0.15) is 5.75 Å². The lowest BCUT2D eigenvalue weighted by Crippen LogP contribution is -2.55. The van der Waals surface area contributed by atoms with E-state index in [0.717, 1.165) is 76.3 Å². The SMILES string of the molecule is COc1ccc2c3c(n(C)c2c1)[C@H](CO)N(CC1CCOCC1)CC31CCN(C(C)=O)CC1. The van der Waals surface area contributed by atoms with E-state index in [2.05, 4.69) is 28.6 Å². The molecule has 1 atom stereocenters. The molecule has 0 saturated carbocycles. The molecule has 1 aromatic carbocycles. The molecule has 1 spiro atoms. The van der Waals surface area contributed by atoms with Crippen molar-refractivity contribution in [2.75, 3.05) is 53.1 Å². The Hall–Kier alpha value is -2.09. The van der Waals surface area contributed by atoms with Crippen LogP contribution in [0.3, 0.4) is 0 Å². The molecular formula is C26H37N3O4. The zero-order valence-electron chi connectivity index (χ0n) is 20.2. The number of piperidine rings is 1. The molecule has 4 heterocycles. The highest BCUT2D eigenvalue weighted by molar-refractivity contribution is 5.88. The summed E-state index contributed by atoms with van der Waals surface area (Å²) in [6.45, 7) is 6.93. The standard InChI is InChI=1S/C26H37N3O4/c1-18(31)28-10-8-26(9-11-28)17-29(15-19-6-12-33-13-7-19)23(16-30)25-24(26)21-5-4-20(32-3)14-22(21)27(25)2/h4-5,14,19,23,30H,6-13,15-17H2,1-3H3/t23-/m0/s1. The van der Waals surface area contributed by atoms with Gasteiger partial charge in [-0.2, -0.15) is 0 Å². The van der Waals surface area contributed by atoms with Gasteiger partial charge in [-0.15, -0.1) is 0 Å². The molecule has 0 bridgehead atoms. The Bertz CT molecular complexity index is 1020. The van der Waals surface area contributed by atoms with Crippen LogP contribution in [0.2, 0.25) is 0 Å². The van der Waals surface area contributed by atoms with E-state index >= 15 is 0 Å². The zero-order chi connectivity index (χ0) is 23.2. The Kier molecular flexibility index (Phi) is 6.14. The van der Waals surface area contributed by atoms with Crippen LogP contribution in [0.5, 0.6) is 5.75 Å². The van der Waals surface area contributed by atoms with Crippen LogP contribution in [-0.2, 0) is 22.0 Å². The van der Waals surface area contributed by atoms with Gasteiger partial charge in [0, 0.05) is 75.9 Å². The molecule has 2 aromatic rings. The van der Waals surface area contributed by atoms with E-state index in [1.54, 1.807) is 14.0 Å². The van der Waals surface area contributed by atoms with Crippen LogP contribution in [0.25, 0.3) is 10.9 Å². The molecule has 0 aliphatic carbocycles. The molecule has 2 fully saturated rings. The number of rotatable bonds is 4. The molecule has 1 N–H and O–H groups in total. The molecule has 3 aliphatic heterocycles. The van der Waals surface area contributed by atoms with E-state index in [-0.39, 0.29) is 24.0 Å². The summed E-state index contributed by atoms with van der Waals surface area (Å²) in [6, 6.07) is 6.32. The maximum Gasteiger partial charge on any atom is 0.219 e. The Morgan fingerprint density at radius 2 is 1.97 bits per heavy atom.